The Balaban J connectivity index is 1.73. The van der Waals surface area contributed by atoms with Crippen LogP contribution in [-0.4, -0.2) is 32.4 Å². The van der Waals surface area contributed by atoms with Gasteiger partial charge in [-0.05, 0) is 37.0 Å². The number of hydrogen-bond donors (Lipinski definition) is 1. The zero-order chi connectivity index (χ0) is 22.6. The van der Waals surface area contributed by atoms with Gasteiger partial charge in [0.25, 0.3) is 5.91 Å². The summed E-state index contributed by atoms with van der Waals surface area (Å²) in [5, 5.41) is 3.44. The molecule has 0 radical (unpaired) electrons. The van der Waals surface area contributed by atoms with Gasteiger partial charge in [0.15, 0.2) is 10.8 Å². The molecule has 1 atom stereocenters. The Morgan fingerprint density at radius 2 is 1.87 bits per heavy atom. The summed E-state index contributed by atoms with van der Waals surface area (Å²) in [4.78, 5) is 29.5. The number of aryl methyl sites for hydroxylation is 1. The Bertz CT molecular complexity index is 1020. The van der Waals surface area contributed by atoms with Crippen LogP contribution < -0.4 is 5.32 Å². The molecule has 3 rings (SSSR count). The number of alkyl halides is 3. The van der Waals surface area contributed by atoms with Crippen molar-refractivity contribution in [2.24, 2.45) is 5.92 Å². The highest BCUT2D eigenvalue weighted by atomic mass is 32.1. The lowest BCUT2D eigenvalue weighted by molar-refractivity contribution is -0.141. The van der Waals surface area contributed by atoms with Crippen LogP contribution in [0.4, 0.5) is 13.2 Å². The molecule has 164 valence electrons. The van der Waals surface area contributed by atoms with Gasteiger partial charge in [0.2, 0.25) is 0 Å². The number of nitrogens with zero attached hydrogens (tertiary/aromatic N) is 4. The van der Waals surface area contributed by atoms with E-state index in [2.05, 4.69) is 25.3 Å². The highest BCUT2D eigenvalue weighted by Crippen LogP contribution is 2.30. The number of nitrogens with one attached hydrogen (secondary N) is 1. The minimum absolute atomic E-state index is 0.163. The number of pyridine rings is 1. The molecule has 0 aliphatic heterocycles. The monoisotopic (exact) mass is 449 g/mol. The van der Waals surface area contributed by atoms with Crippen LogP contribution in [0.25, 0.3) is 10.8 Å². The number of rotatable bonds is 7. The van der Waals surface area contributed by atoms with Crippen molar-refractivity contribution in [3.8, 4) is 10.8 Å². The molecule has 0 aromatic carbocycles. The summed E-state index contributed by atoms with van der Waals surface area (Å²) in [6, 6.07) is 4.10. The summed E-state index contributed by atoms with van der Waals surface area (Å²) in [5.41, 5.74) is 0.294. The van der Waals surface area contributed by atoms with Gasteiger partial charge in [-0.3, -0.25) is 9.78 Å². The first-order chi connectivity index (χ1) is 14.6. The van der Waals surface area contributed by atoms with Crippen molar-refractivity contribution in [3.05, 3.63) is 58.6 Å². The highest BCUT2D eigenvalue weighted by molar-refractivity contribution is 7.17. The van der Waals surface area contributed by atoms with Crippen molar-refractivity contribution in [3.63, 3.8) is 0 Å². The molecule has 0 saturated heterocycles. The molecular weight excluding hydrogens is 427 g/mol. The molecule has 3 aromatic heterocycles. The van der Waals surface area contributed by atoms with E-state index in [0.717, 1.165) is 6.07 Å². The number of carbonyl (C=O) groups is 1. The molecule has 10 heteroatoms. The molecule has 1 unspecified atom stereocenters. The molecule has 0 aliphatic rings. The average Bonchev–Trinajstić information content (AvgIpc) is 3.12. The maximum Gasteiger partial charge on any atom is 0.433 e. The zero-order valence-corrected chi connectivity index (χ0v) is 18.1. The molecule has 0 fully saturated rings. The van der Waals surface area contributed by atoms with E-state index in [0.29, 0.717) is 33.4 Å². The van der Waals surface area contributed by atoms with Gasteiger partial charge in [0, 0.05) is 31.1 Å². The van der Waals surface area contributed by atoms with Gasteiger partial charge in [-0.2, -0.15) is 13.2 Å². The fourth-order valence-corrected chi connectivity index (χ4v) is 4.06. The number of thiazole rings is 1. The van der Waals surface area contributed by atoms with Crippen LogP contribution in [0.2, 0.25) is 0 Å². The SMILES string of the molecule is Cc1nc(-c2ncccn2)sc1C(=O)NCC(CC(C)C)c1ccc(C(F)(F)F)nc1. The van der Waals surface area contributed by atoms with Crippen LogP contribution in [0.5, 0.6) is 0 Å². The number of hydrogen-bond acceptors (Lipinski definition) is 6. The van der Waals surface area contributed by atoms with E-state index in [-0.39, 0.29) is 24.3 Å². The highest BCUT2D eigenvalue weighted by Gasteiger charge is 2.32. The number of aromatic nitrogens is 4. The Kier molecular flexibility index (Phi) is 6.99. The predicted octanol–water partition coefficient (Wildman–Crippen LogP) is 4.88. The maximum atomic E-state index is 12.8. The van der Waals surface area contributed by atoms with E-state index < -0.39 is 11.9 Å². The van der Waals surface area contributed by atoms with Crippen molar-refractivity contribution in [1.82, 2.24) is 25.3 Å². The Morgan fingerprint density at radius 3 is 2.45 bits per heavy atom. The molecule has 3 heterocycles. The van der Waals surface area contributed by atoms with Gasteiger partial charge in [-0.25, -0.2) is 15.0 Å². The lowest BCUT2D eigenvalue weighted by Crippen LogP contribution is -2.29. The van der Waals surface area contributed by atoms with E-state index in [1.54, 1.807) is 25.4 Å². The third kappa shape index (κ3) is 5.84. The van der Waals surface area contributed by atoms with E-state index in [1.165, 1.54) is 23.6 Å². The minimum atomic E-state index is -4.48. The second-order valence-corrected chi connectivity index (χ2v) is 8.52. The van der Waals surface area contributed by atoms with Crippen LogP contribution in [0, 0.1) is 12.8 Å². The maximum absolute atomic E-state index is 12.8. The quantitative estimate of drug-likeness (QED) is 0.556. The number of carbonyl (C=O) groups excluding carboxylic acids is 1. The van der Waals surface area contributed by atoms with Gasteiger partial charge in [-0.1, -0.05) is 19.9 Å². The van der Waals surface area contributed by atoms with E-state index in [4.69, 9.17) is 0 Å². The number of amides is 1. The number of halogens is 3. The fraction of sp³-hybridized carbons (Fsp3) is 0.381. The molecule has 0 spiro atoms. The first kappa shape index (κ1) is 22.8. The predicted molar refractivity (Wildman–Crippen MR) is 112 cm³/mol. The van der Waals surface area contributed by atoms with E-state index in [9.17, 15) is 18.0 Å². The normalized spacial score (nSPS) is 12.7. The Hall–Kier alpha value is -2.88. The van der Waals surface area contributed by atoms with Crippen molar-refractivity contribution in [1.29, 1.82) is 0 Å². The van der Waals surface area contributed by atoms with Crippen LogP contribution in [0.3, 0.4) is 0 Å². The van der Waals surface area contributed by atoms with Crippen LogP contribution in [0.15, 0.2) is 36.8 Å². The van der Waals surface area contributed by atoms with Gasteiger partial charge >= 0.3 is 6.18 Å². The first-order valence-corrected chi connectivity index (χ1v) is 10.5. The van der Waals surface area contributed by atoms with Crippen molar-refractivity contribution in [2.45, 2.75) is 39.3 Å². The lowest BCUT2D eigenvalue weighted by atomic mass is 9.91. The van der Waals surface area contributed by atoms with Gasteiger partial charge in [0.05, 0.1) is 5.69 Å². The molecule has 1 N–H and O–H groups in total. The van der Waals surface area contributed by atoms with Gasteiger partial charge in [0.1, 0.15) is 10.6 Å². The standard InChI is InChI=1S/C21H22F3N5OS/c1-12(2)9-15(14-5-6-16(27-10-14)21(22,23)24)11-28-19(30)17-13(3)29-20(31-17)18-25-7-4-8-26-18/h4-8,10,12,15H,9,11H2,1-3H3,(H,28,30). The molecule has 1 amide bonds. The molecule has 6 nitrogen and oxygen atoms in total. The van der Waals surface area contributed by atoms with E-state index in [1.807, 2.05) is 13.8 Å². The molecule has 31 heavy (non-hydrogen) atoms. The third-order valence-electron chi connectivity index (χ3n) is 4.57. The molecular formula is C21H22F3N5OS. The van der Waals surface area contributed by atoms with Crippen molar-refractivity contribution in [2.75, 3.05) is 6.54 Å². The summed E-state index contributed by atoms with van der Waals surface area (Å²) in [6.45, 7) is 6.05. The topological polar surface area (TPSA) is 80.7 Å². The Morgan fingerprint density at radius 1 is 1.16 bits per heavy atom. The average molecular weight is 450 g/mol. The fourth-order valence-electron chi connectivity index (χ4n) is 3.13. The zero-order valence-electron chi connectivity index (χ0n) is 17.3. The second kappa shape index (κ2) is 9.51. The van der Waals surface area contributed by atoms with Crippen LogP contribution in [0.1, 0.15) is 52.8 Å². The molecule has 3 aromatic rings. The molecule has 0 bridgehead atoms. The lowest BCUT2D eigenvalue weighted by Gasteiger charge is -2.20. The largest absolute Gasteiger partial charge is 0.433 e. The molecule has 0 aliphatic carbocycles. The van der Waals surface area contributed by atoms with Crippen molar-refractivity contribution >= 4 is 17.2 Å². The summed E-state index contributed by atoms with van der Waals surface area (Å²) in [7, 11) is 0. The Labute approximate surface area is 182 Å². The van der Waals surface area contributed by atoms with Crippen molar-refractivity contribution < 1.29 is 18.0 Å². The summed E-state index contributed by atoms with van der Waals surface area (Å²) < 4.78 is 38.4. The van der Waals surface area contributed by atoms with Crippen LogP contribution in [-0.2, 0) is 6.18 Å². The minimum Gasteiger partial charge on any atom is -0.351 e. The summed E-state index contributed by atoms with van der Waals surface area (Å²) in [5.74, 6) is 0.286. The first-order valence-electron chi connectivity index (χ1n) is 9.71. The summed E-state index contributed by atoms with van der Waals surface area (Å²) in [6.07, 6.45) is 0.661. The summed E-state index contributed by atoms with van der Waals surface area (Å²) >= 11 is 1.20. The second-order valence-electron chi connectivity index (χ2n) is 7.52. The van der Waals surface area contributed by atoms with Crippen LogP contribution >= 0.6 is 11.3 Å². The van der Waals surface area contributed by atoms with Gasteiger partial charge in [-0.15, -0.1) is 11.3 Å². The smallest absolute Gasteiger partial charge is 0.351 e. The van der Waals surface area contributed by atoms with E-state index >= 15 is 0 Å². The van der Waals surface area contributed by atoms with Gasteiger partial charge < -0.3 is 5.32 Å². The third-order valence-corrected chi connectivity index (χ3v) is 5.73. The molecule has 0 saturated carbocycles.